The van der Waals surface area contributed by atoms with Crippen LogP contribution in [0, 0.1) is 12.8 Å². The molecule has 0 fully saturated rings. The van der Waals surface area contributed by atoms with Crippen molar-refractivity contribution < 1.29 is 14.3 Å². The van der Waals surface area contributed by atoms with E-state index in [2.05, 4.69) is 54.1 Å². The molecule has 2 aromatic rings. The highest BCUT2D eigenvalue weighted by atomic mass is 32.1. The number of nitrogens with one attached hydrogen (secondary N) is 3. The number of rotatable bonds is 10. The highest BCUT2D eigenvalue weighted by molar-refractivity contribution is 7.16. The van der Waals surface area contributed by atoms with Crippen LogP contribution < -0.4 is 20.9 Å². The second kappa shape index (κ2) is 12.2. The molecule has 0 saturated carbocycles. The Kier molecular flexibility index (Phi) is 8.77. The largest absolute Gasteiger partial charge is 0.450 e. The van der Waals surface area contributed by atoms with Crippen molar-refractivity contribution in [1.82, 2.24) is 15.6 Å². The van der Waals surface area contributed by atoms with Crippen LogP contribution in [0.2, 0.25) is 0 Å². The summed E-state index contributed by atoms with van der Waals surface area (Å²) in [6.45, 7) is 9.76. The number of benzene rings is 1. The van der Waals surface area contributed by atoms with Gasteiger partial charge in [-0.1, -0.05) is 31.2 Å². The maximum Gasteiger partial charge on any atom is 0.407 e. The number of fused-ring (bicyclic) bond motifs is 1. The zero-order valence-electron chi connectivity index (χ0n) is 21.2. The molecule has 3 N–H and O–H groups in total. The van der Waals surface area contributed by atoms with E-state index in [9.17, 15) is 9.59 Å². The number of carbonyl (C=O) groups excluding carboxylic acids is 2. The monoisotopic (exact) mass is 509 g/mol. The lowest BCUT2D eigenvalue weighted by Crippen LogP contribution is -2.33. The quantitative estimate of drug-likeness (QED) is 0.414. The third kappa shape index (κ3) is 6.14. The van der Waals surface area contributed by atoms with Crippen molar-refractivity contribution in [3.63, 3.8) is 0 Å². The first-order chi connectivity index (χ1) is 17.5. The summed E-state index contributed by atoms with van der Waals surface area (Å²) in [5.74, 6) is 0.380. The van der Waals surface area contributed by atoms with Crippen LogP contribution in [0.1, 0.15) is 30.7 Å². The Hall–Kier alpha value is -3.17. The van der Waals surface area contributed by atoms with Gasteiger partial charge >= 0.3 is 6.09 Å². The predicted octanol–water partition coefficient (Wildman–Crippen LogP) is 4.28. The van der Waals surface area contributed by atoms with Crippen molar-refractivity contribution in [2.75, 3.05) is 49.5 Å². The summed E-state index contributed by atoms with van der Waals surface area (Å²) >= 11 is 1.64. The molecule has 0 radical (unpaired) electrons. The summed E-state index contributed by atoms with van der Waals surface area (Å²) in [7, 11) is 0. The van der Waals surface area contributed by atoms with E-state index in [1.54, 1.807) is 18.3 Å². The Morgan fingerprint density at radius 1 is 1.22 bits per heavy atom. The Morgan fingerprint density at radius 3 is 2.86 bits per heavy atom. The fourth-order valence-corrected chi connectivity index (χ4v) is 5.36. The van der Waals surface area contributed by atoms with Crippen LogP contribution in [0.4, 0.5) is 15.6 Å². The number of aromatic nitrogens is 1. The predicted molar refractivity (Wildman–Crippen MR) is 146 cm³/mol. The van der Waals surface area contributed by atoms with E-state index >= 15 is 0 Å². The van der Waals surface area contributed by atoms with Gasteiger partial charge in [-0.3, -0.25) is 4.79 Å². The first-order valence-corrected chi connectivity index (χ1v) is 13.4. The van der Waals surface area contributed by atoms with Gasteiger partial charge in [0.25, 0.3) is 5.91 Å². The zero-order chi connectivity index (χ0) is 25.5. The lowest BCUT2D eigenvalue weighted by atomic mass is 9.92. The Balaban J connectivity index is 1.31. The summed E-state index contributed by atoms with van der Waals surface area (Å²) < 4.78 is 4.83. The number of carbonyl (C=O) groups is 2. The van der Waals surface area contributed by atoms with E-state index in [0.717, 1.165) is 65.0 Å². The number of thiazole rings is 1. The molecule has 2 heterocycles. The number of amides is 2. The lowest BCUT2D eigenvalue weighted by molar-refractivity contribution is -0.115. The zero-order valence-corrected chi connectivity index (χ0v) is 22.0. The van der Waals surface area contributed by atoms with Crippen molar-refractivity contribution in [1.29, 1.82) is 0 Å². The lowest BCUT2D eigenvalue weighted by Gasteiger charge is -2.23. The molecule has 1 aliphatic heterocycles. The van der Waals surface area contributed by atoms with Gasteiger partial charge in [0.2, 0.25) is 0 Å². The minimum absolute atomic E-state index is 0.125. The van der Waals surface area contributed by atoms with Gasteiger partial charge in [0, 0.05) is 54.4 Å². The second-order valence-electron chi connectivity index (χ2n) is 8.99. The molecule has 0 spiro atoms. The van der Waals surface area contributed by atoms with Crippen molar-refractivity contribution in [2.24, 2.45) is 5.92 Å². The van der Waals surface area contributed by atoms with Gasteiger partial charge in [0.15, 0.2) is 5.13 Å². The molecule has 36 heavy (non-hydrogen) atoms. The van der Waals surface area contributed by atoms with Crippen molar-refractivity contribution in [3.8, 4) is 11.3 Å². The minimum Gasteiger partial charge on any atom is -0.450 e. The fraction of sp³-hybridized carbons (Fsp3) is 0.444. The van der Waals surface area contributed by atoms with Gasteiger partial charge in [-0.15, -0.1) is 11.3 Å². The number of ether oxygens (including phenoxy) is 1. The van der Waals surface area contributed by atoms with Gasteiger partial charge in [-0.25, -0.2) is 9.78 Å². The van der Waals surface area contributed by atoms with E-state index in [0.29, 0.717) is 19.7 Å². The maximum absolute atomic E-state index is 13.2. The molecule has 2 aliphatic rings. The number of alkyl carbamates (subject to hydrolysis) is 1. The number of nitrogens with zero attached hydrogens (tertiary/aromatic N) is 2. The third-order valence-corrected chi connectivity index (χ3v) is 7.32. The van der Waals surface area contributed by atoms with E-state index in [-0.39, 0.29) is 17.9 Å². The van der Waals surface area contributed by atoms with Crippen LogP contribution in [-0.4, -0.2) is 56.3 Å². The smallest absolute Gasteiger partial charge is 0.407 e. The molecule has 1 aromatic carbocycles. The SMILES string of the molecule is CCOC(=O)NCCNCCNc1nc(-c2ccc3c(c2)CCN3C(=O)C2=CC=CCC2C)c(C)s1. The normalized spacial score (nSPS) is 16.5. The molecular weight excluding hydrogens is 474 g/mol. The van der Waals surface area contributed by atoms with Crippen molar-refractivity contribution in [2.45, 2.75) is 33.6 Å². The number of allylic oxidation sites excluding steroid dienone is 3. The van der Waals surface area contributed by atoms with Gasteiger partial charge in [0.05, 0.1) is 12.3 Å². The molecule has 2 amide bonds. The summed E-state index contributed by atoms with van der Waals surface area (Å²) in [4.78, 5) is 32.4. The molecule has 1 aliphatic carbocycles. The maximum atomic E-state index is 13.2. The Morgan fingerprint density at radius 2 is 2.06 bits per heavy atom. The minimum atomic E-state index is -0.386. The van der Waals surface area contributed by atoms with Gasteiger partial charge in [-0.2, -0.15) is 0 Å². The number of hydrogen-bond acceptors (Lipinski definition) is 7. The molecule has 9 heteroatoms. The number of anilines is 2. The molecule has 8 nitrogen and oxygen atoms in total. The van der Waals surface area contributed by atoms with Crippen LogP contribution in [-0.2, 0) is 16.0 Å². The number of aryl methyl sites for hydroxylation is 1. The van der Waals surface area contributed by atoms with Crippen LogP contribution in [0.5, 0.6) is 0 Å². The molecule has 192 valence electrons. The third-order valence-electron chi connectivity index (χ3n) is 6.39. The number of hydrogen-bond donors (Lipinski definition) is 3. The van der Waals surface area contributed by atoms with E-state index in [1.807, 2.05) is 17.1 Å². The summed E-state index contributed by atoms with van der Waals surface area (Å²) in [5.41, 5.74) is 5.17. The first-order valence-electron chi connectivity index (χ1n) is 12.6. The molecule has 1 aromatic heterocycles. The average molecular weight is 510 g/mol. The summed E-state index contributed by atoms with van der Waals surface area (Å²) in [6, 6.07) is 6.33. The molecule has 1 atom stereocenters. The molecule has 1 unspecified atom stereocenters. The molecule has 4 rings (SSSR count). The molecular formula is C27H35N5O3S. The Bertz CT molecular complexity index is 1160. The highest BCUT2D eigenvalue weighted by Crippen LogP contribution is 2.37. The highest BCUT2D eigenvalue weighted by Gasteiger charge is 2.29. The van der Waals surface area contributed by atoms with Gasteiger partial charge in [-0.05, 0) is 50.3 Å². The van der Waals surface area contributed by atoms with Crippen molar-refractivity contribution >= 4 is 34.2 Å². The van der Waals surface area contributed by atoms with E-state index in [4.69, 9.17) is 9.72 Å². The van der Waals surface area contributed by atoms with E-state index in [1.165, 1.54) is 5.56 Å². The van der Waals surface area contributed by atoms with Crippen LogP contribution in [0.3, 0.4) is 0 Å². The standard InChI is InChI=1S/C27H35N5O3S/c1-4-35-27(34)30-15-13-28-12-14-29-26-31-24(19(3)36-26)21-9-10-23-20(17-21)11-16-32(23)25(33)22-8-6-5-7-18(22)2/h5-6,8-10,17-18,28H,4,7,11-16H2,1-3H3,(H,29,31)(H,30,34). The average Bonchev–Trinajstić information content (AvgIpc) is 3.46. The van der Waals surface area contributed by atoms with Crippen LogP contribution in [0.15, 0.2) is 42.0 Å². The summed E-state index contributed by atoms with van der Waals surface area (Å²) in [5, 5.41) is 10.2. The van der Waals surface area contributed by atoms with E-state index < -0.39 is 0 Å². The van der Waals surface area contributed by atoms with Crippen LogP contribution >= 0.6 is 11.3 Å². The second-order valence-corrected chi connectivity index (χ2v) is 10.2. The van der Waals surface area contributed by atoms with Crippen LogP contribution in [0.25, 0.3) is 11.3 Å². The van der Waals surface area contributed by atoms with Gasteiger partial charge < -0.3 is 25.6 Å². The molecule has 0 bridgehead atoms. The topological polar surface area (TPSA) is 95.6 Å². The first kappa shape index (κ1) is 25.9. The van der Waals surface area contributed by atoms with Gasteiger partial charge in [0.1, 0.15) is 0 Å². The summed E-state index contributed by atoms with van der Waals surface area (Å²) in [6.07, 6.45) is 7.46. The van der Waals surface area contributed by atoms with Crippen molar-refractivity contribution in [3.05, 3.63) is 52.4 Å². The molecule has 0 saturated heterocycles. The Labute approximate surface area is 216 Å². The fourth-order valence-electron chi connectivity index (χ4n) is 4.50.